The molecule has 0 spiro atoms. The van der Waals surface area contributed by atoms with Crippen molar-refractivity contribution >= 4 is 17.4 Å². The molecule has 0 aliphatic heterocycles. The summed E-state index contributed by atoms with van der Waals surface area (Å²) in [4.78, 5) is 2.38. The van der Waals surface area contributed by atoms with Crippen molar-refractivity contribution in [1.29, 1.82) is 0 Å². The molecule has 0 aliphatic rings. The zero-order valence-electron chi connectivity index (χ0n) is 13.6. The van der Waals surface area contributed by atoms with Gasteiger partial charge in [0.15, 0.2) is 0 Å². The van der Waals surface area contributed by atoms with E-state index in [4.69, 9.17) is 0 Å². The first kappa shape index (κ1) is 17.4. The number of nitrogens with one attached hydrogen (secondary N) is 1. The van der Waals surface area contributed by atoms with Gasteiger partial charge in [0, 0.05) is 24.8 Å². The van der Waals surface area contributed by atoms with E-state index in [-0.39, 0.29) is 0 Å². The van der Waals surface area contributed by atoms with E-state index in [2.05, 4.69) is 68.6 Å². The van der Waals surface area contributed by atoms with E-state index >= 15 is 0 Å². The van der Waals surface area contributed by atoms with Gasteiger partial charge < -0.3 is 10.2 Å². The van der Waals surface area contributed by atoms with Crippen molar-refractivity contribution in [1.82, 2.24) is 5.32 Å². The zero-order valence-corrected chi connectivity index (χ0v) is 14.5. The third kappa shape index (κ3) is 5.02. The SMILES string of the molecule is CCNC(CC)c1ccc(N(C)C(C)CCSC)cc1. The van der Waals surface area contributed by atoms with E-state index in [9.17, 15) is 0 Å². The molecule has 0 saturated carbocycles. The number of thioether (sulfide) groups is 1. The third-order valence-corrected chi connectivity index (χ3v) is 4.61. The predicted molar refractivity (Wildman–Crippen MR) is 94.0 cm³/mol. The standard InChI is InChI=1S/C17H30N2S/c1-6-17(18-7-2)15-8-10-16(11-9-15)19(4)14(3)12-13-20-5/h8-11,14,17-18H,6-7,12-13H2,1-5H3. The Hall–Kier alpha value is -0.670. The topological polar surface area (TPSA) is 15.3 Å². The second-order valence-corrected chi connectivity index (χ2v) is 6.34. The maximum atomic E-state index is 3.53. The lowest BCUT2D eigenvalue weighted by atomic mass is 10.0. The van der Waals surface area contributed by atoms with Crippen LogP contribution in [0.25, 0.3) is 0 Å². The van der Waals surface area contributed by atoms with E-state index in [0.717, 1.165) is 13.0 Å². The van der Waals surface area contributed by atoms with E-state index in [1.54, 1.807) is 0 Å². The Morgan fingerprint density at radius 2 is 1.85 bits per heavy atom. The highest BCUT2D eigenvalue weighted by Crippen LogP contribution is 2.22. The fraction of sp³-hybridized carbons (Fsp3) is 0.647. The van der Waals surface area contributed by atoms with Gasteiger partial charge in [0.05, 0.1) is 0 Å². The summed E-state index contributed by atoms with van der Waals surface area (Å²) in [6.45, 7) is 7.72. The van der Waals surface area contributed by atoms with E-state index in [1.807, 2.05) is 11.8 Å². The van der Waals surface area contributed by atoms with Gasteiger partial charge in [0.2, 0.25) is 0 Å². The fourth-order valence-electron chi connectivity index (χ4n) is 2.42. The summed E-state index contributed by atoms with van der Waals surface area (Å²) in [5.74, 6) is 1.22. The minimum absolute atomic E-state index is 0.480. The van der Waals surface area contributed by atoms with Gasteiger partial charge in [-0.05, 0) is 56.0 Å². The van der Waals surface area contributed by atoms with Crippen LogP contribution < -0.4 is 10.2 Å². The molecule has 0 bridgehead atoms. The molecule has 0 heterocycles. The average Bonchev–Trinajstić information content (AvgIpc) is 2.49. The molecule has 0 saturated heterocycles. The van der Waals surface area contributed by atoms with Gasteiger partial charge in [-0.1, -0.05) is 26.0 Å². The molecule has 2 nitrogen and oxygen atoms in total. The molecule has 0 aromatic heterocycles. The molecule has 0 radical (unpaired) electrons. The molecule has 1 aromatic rings. The molecule has 3 heteroatoms. The molecular weight excluding hydrogens is 264 g/mol. The summed E-state index contributed by atoms with van der Waals surface area (Å²) in [6, 6.07) is 10.1. The van der Waals surface area contributed by atoms with Crippen molar-refractivity contribution in [2.24, 2.45) is 0 Å². The molecular formula is C17H30N2S. The van der Waals surface area contributed by atoms with Gasteiger partial charge in [-0.25, -0.2) is 0 Å². The molecule has 2 atom stereocenters. The van der Waals surface area contributed by atoms with Crippen molar-refractivity contribution in [3.8, 4) is 0 Å². The Morgan fingerprint density at radius 3 is 2.35 bits per heavy atom. The zero-order chi connectivity index (χ0) is 15.0. The van der Waals surface area contributed by atoms with Crippen LogP contribution in [0, 0.1) is 0 Å². The van der Waals surface area contributed by atoms with Gasteiger partial charge in [-0.2, -0.15) is 11.8 Å². The van der Waals surface area contributed by atoms with Crippen LogP contribution in [0.1, 0.15) is 45.2 Å². The molecule has 114 valence electrons. The number of rotatable bonds is 9. The van der Waals surface area contributed by atoms with Gasteiger partial charge in [-0.3, -0.25) is 0 Å². The Kier molecular flexibility index (Phi) is 8.08. The Balaban J connectivity index is 2.69. The smallest absolute Gasteiger partial charge is 0.0366 e. The number of nitrogens with zero attached hydrogens (tertiary/aromatic N) is 1. The lowest BCUT2D eigenvalue weighted by Crippen LogP contribution is -2.29. The molecule has 1 N–H and O–H groups in total. The summed E-state index contributed by atoms with van der Waals surface area (Å²) in [5.41, 5.74) is 2.71. The summed E-state index contributed by atoms with van der Waals surface area (Å²) in [7, 11) is 2.20. The normalized spacial score (nSPS) is 14.1. The van der Waals surface area contributed by atoms with E-state index in [1.165, 1.54) is 23.4 Å². The maximum absolute atomic E-state index is 3.53. The van der Waals surface area contributed by atoms with E-state index < -0.39 is 0 Å². The van der Waals surface area contributed by atoms with Crippen molar-refractivity contribution in [3.05, 3.63) is 29.8 Å². The fourth-order valence-corrected chi connectivity index (χ4v) is 3.00. The van der Waals surface area contributed by atoms with Crippen LogP contribution in [0.4, 0.5) is 5.69 Å². The molecule has 0 fully saturated rings. The largest absolute Gasteiger partial charge is 0.372 e. The lowest BCUT2D eigenvalue weighted by molar-refractivity contribution is 0.537. The monoisotopic (exact) mass is 294 g/mol. The summed E-state index contributed by atoms with van der Waals surface area (Å²) >= 11 is 1.92. The van der Waals surface area contributed by atoms with Crippen LogP contribution in [-0.2, 0) is 0 Å². The highest BCUT2D eigenvalue weighted by atomic mass is 32.2. The van der Waals surface area contributed by atoms with Crippen molar-refractivity contribution < 1.29 is 0 Å². The Labute approximate surface area is 129 Å². The molecule has 1 aromatic carbocycles. The Bertz CT molecular complexity index is 364. The lowest BCUT2D eigenvalue weighted by Gasteiger charge is -2.27. The molecule has 1 rings (SSSR count). The average molecular weight is 295 g/mol. The van der Waals surface area contributed by atoms with Crippen molar-refractivity contribution in [2.45, 2.75) is 45.7 Å². The molecule has 2 unspecified atom stereocenters. The Morgan fingerprint density at radius 1 is 1.20 bits per heavy atom. The first-order valence-electron chi connectivity index (χ1n) is 7.69. The molecule has 0 amide bonds. The number of hydrogen-bond acceptors (Lipinski definition) is 3. The van der Waals surface area contributed by atoms with Crippen molar-refractivity contribution in [3.63, 3.8) is 0 Å². The highest BCUT2D eigenvalue weighted by Gasteiger charge is 2.11. The van der Waals surface area contributed by atoms with Crippen LogP contribution in [0.15, 0.2) is 24.3 Å². The number of hydrogen-bond donors (Lipinski definition) is 1. The van der Waals surface area contributed by atoms with Crippen molar-refractivity contribution in [2.75, 3.05) is 30.5 Å². The maximum Gasteiger partial charge on any atom is 0.0366 e. The first-order chi connectivity index (χ1) is 9.63. The third-order valence-electron chi connectivity index (χ3n) is 3.96. The second kappa shape index (κ2) is 9.30. The molecule has 0 aliphatic carbocycles. The van der Waals surface area contributed by atoms with E-state index in [0.29, 0.717) is 12.1 Å². The number of benzene rings is 1. The first-order valence-corrected chi connectivity index (χ1v) is 9.08. The molecule has 20 heavy (non-hydrogen) atoms. The van der Waals surface area contributed by atoms with Crippen LogP contribution in [0.5, 0.6) is 0 Å². The van der Waals surface area contributed by atoms with Gasteiger partial charge >= 0.3 is 0 Å². The van der Waals surface area contributed by atoms with Crippen LogP contribution in [0.2, 0.25) is 0 Å². The highest BCUT2D eigenvalue weighted by molar-refractivity contribution is 7.98. The van der Waals surface area contributed by atoms with Gasteiger partial charge in [0.25, 0.3) is 0 Å². The van der Waals surface area contributed by atoms with Crippen LogP contribution in [0.3, 0.4) is 0 Å². The summed E-state index contributed by atoms with van der Waals surface area (Å²) < 4.78 is 0. The minimum atomic E-state index is 0.480. The summed E-state index contributed by atoms with van der Waals surface area (Å²) in [5, 5.41) is 3.53. The predicted octanol–water partition coefficient (Wildman–Crippen LogP) is 4.33. The van der Waals surface area contributed by atoms with Crippen LogP contribution in [-0.4, -0.2) is 31.6 Å². The van der Waals surface area contributed by atoms with Gasteiger partial charge in [0.1, 0.15) is 0 Å². The minimum Gasteiger partial charge on any atom is -0.372 e. The second-order valence-electron chi connectivity index (χ2n) is 5.35. The van der Waals surface area contributed by atoms with Crippen LogP contribution >= 0.6 is 11.8 Å². The number of anilines is 1. The quantitative estimate of drug-likeness (QED) is 0.730. The summed E-state index contributed by atoms with van der Waals surface area (Å²) in [6.07, 6.45) is 4.54. The van der Waals surface area contributed by atoms with Gasteiger partial charge in [-0.15, -0.1) is 0 Å².